The van der Waals surface area contributed by atoms with Crippen LogP contribution in [0.3, 0.4) is 0 Å². The van der Waals surface area contributed by atoms with Crippen LogP contribution >= 0.6 is 11.3 Å². The number of anilines is 1. The zero-order valence-corrected chi connectivity index (χ0v) is 19.7. The Bertz CT molecular complexity index is 1310. The summed E-state index contributed by atoms with van der Waals surface area (Å²) in [5.74, 6) is 0.466. The number of benzene rings is 2. The van der Waals surface area contributed by atoms with Crippen LogP contribution in [0.1, 0.15) is 48.6 Å². The summed E-state index contributed by atoms with van der Waals surface area (Å²) in [5, 5.41) is 3.27. The first kappa shape index (κ1) is 21.9. The van der Waals surface area contributed by atoms with E-state index < -0.39 is 0 Å². The first-order valence-electron chi connectivity index (χ1n) is 10.5. The third-order valence-corrected chi connectivity index (χ3v) is 6.50. The fourth-order valence-corrected chi connectivity index (χ4v) is 4.53. The van der Waals surface area contributed by atoms with Crippen molar-refractivity contribution in [2.75, 3.05) is 5.32 Å². The number of thiazole rings is 1. The number of aromatic nitrogens is 3. The number of aryl methyl sites for hydroxylation is 1. The molecule has 0 unspecified atom stereocenters. The summed E-state index contributed by atoms with van der Waals surface area (Å²) >= 11 is 1.20. The van der Waals surface area contributed by atoms with E-state index in [9.17, 15) is 9.59 Å². The van der Waals surface area contributed by atoms with Crippen molar-refractivity contribution in [2.24, 2.45) is 0 Å². The number of carbonyl (C=O) groups excluding carboxylic acids is 2. The highest BCUT2D eigenvalue weighted by Crippen LogP contribution is 2.29. The number of nitrogens with one attached hydrogen (secondary N) is 1. The zero-order valence-electron chi connectivity index (χ0n) is 18.9. The van der Waals surface area contributed by atoms with E-state index in [1.807, 2.05) is 28.8 Å². The van der Waals surface area contributed by atoms with Gasteiger partial charge in [-0.2, -0.15) is 0 Å². The normalized spacial score (nSPS) is 11.7. The van der Waals surface area contributed by atoms with E-state index in [1.54, 1.807) is 6.92 Å². The van der Waals surface area contributed by atoms with Crippen LogP contribution in [0.5, 0.6) is 0 Å². The molecule has 0 atom stereocenters. The first-order chi connectivity index (χ1) is 15.1. The summed E-state index contributed by atoms with van der Waals surface area (Å²) in [5.41, 5.74) is 4.60. The third-order valence-electron chi connectivity index (χ3n) is 5.33. The minimum Gasteiger partial charge on any atom is -0.314 e. The molecule has 1 amide bonds. The van der Waals surface area contributed by atoms with Crippen LogP contribution in [0.25, 0.3) is 22.4 Å². The highest BCUT2D eigenvalue weighted by Gasteiger charge is 2.19. The van der Waals surface area contributed by atoms with Crippen molar-refractivity contribution in [3.05, 3.63) is 64.7 Å². The van der Waals surface area contributed by atoms with Crippen molar-refractivity contribution in [3.63, 3.8) is 0 Å². The Labute approximate surface area is 191 Å². The van der Waals surface area contributed by atoms with Crippen LogP contribution in [-0.2, 0) is 16.8 Å². The predicted molar refractivity (Wildman–Crippen MR) is 129 cm³/mol. The first-order valence-corrected chi connectivity index (χ1v) is 11.3. The molecule has 1 N–H and O–H groups in total. The summed E-state index contributed by atoms with van der Waals surface area (Å²) in [7, 11) is 0. The van der Waals surface area contributed by atoms with Crippen molar-refractivity contribution in [3.8, 4) is 11.4 Å². The summed E-state index contributed by atoms with van der Waals surface area (Å²) in [4.78, 5) is 34.3. The average Bonchev–Trinajstić information content (AvgIpc) is 3.28. The molecule has 6 nitrogen and oxygen atoms in total. The van der Waals surface area contributed by atoms with E-state index in [4.69, 9.17) is 4.98 Å². The van der Waals surface area contributed by atoms with Crippen molar-refractivity contribution >= 4 is 39.2 Å². The van der Waals surface area contributed by atoms with Gasteiger partial charge in [0.2, 0.25) is 5.91 Å². The maximum atomic E-state index is 12.9. The summed E-state index contributed by atoms with van der Waals surface area (Å²) in [6, 6.07) is 16.1. The van der Waals surface area contributed by atoms with Crippen molar-refractivity contribution in [1.82, 2.24) is 14.5 Å². The molecule has 0 saturated carbocycles. The molecule has 0 bridgehead atoms. The Morgan fingerprint density at radius 2 is 1.72 bits per heavy atom. The Kier molecular flexibility index (Phi) is 5.69. The van der Waals surface area contributed by atoms with E-state index in [0.717, 1.165) is 22.4 Å². The third kappa shape index (κ3) is 4.34. The smallest absolute Gasteiger partial charge is 0.246 e. The molecule has 2 aromatic carbocycles. The number of Topliss-reactive ketones (excluding diaryl/α,β-unsaturated/α-hetero) is 1. The Balaban J connectivity index is 1.67. The highest BCUT2D eigenvalue weighted by molar-refractivity contribution is 7.17. The molecule has 164 valence electrons. The fraction of sp³-hybridized carbons (Fsp3) is 0.280. The molecule has 0 saturated heterocycles. The average molecular weight is 447 g/mol. The molecule has 0 fully saturated rings. The number of carbonyl (C=O) groups is 2. The summed E-state index contributed by atoms with van der Waals surface area (Å²) in [6.07, 6.45) is 0. The summed E-state index contributed by atoms with van der Waals surface area (Å²) in [6.45, 7) is 9.90. The predicted octanol–water partition coefficient (Wildman–Crippen LogP) is 5.61. The number of ketones is 1. The van der Waals surface area contributed by atoms with Gasteiger partial charge in [-0.3, -0.25) is 9.59 Å². The van der Waals surface area contributed by atoms with Crippen molar-refractivity contribution < 1.29 is 9.59 Å². The van der Waals surface area contributed by atoms with Gasteiger partial charge in [0.1, 0.15) is 12.4 Å². The van der Waals surface area contributed by atoms with Gasteiger partial charge >= 0.3 is 0 Å². The number of imidazole rings is 1. The molecular weight excluding hydrogens is 420 g/mol. The number of rotatable bonds is 5. The molecular formula is C25H26N4O2S. The second-order valence-corrected chi connectivity index (χ2v) is 9.87. The number of hydrogen-bond acceptors (Lipinski definition) is 5. The SMILES string of the molecule is CC(=O)c1sc(NC(=O)Cn2c(-c3ccc(C(C)(C)C)cc3)nc3ccccc32)nc1C. The van der Waals surface area contributed by atoms with Gasteiger partial charge in [0.05, 0.1) is 21.6 Å². The minimum absolute atomic E-state index is 0.0536. The van der Waals surface area contributed by atoms with Gasteiger partial charge in [-0.1, -0.05) is 68.5 Å². The van der Waals surface area contributed by atoms with Crippen molar-refractivity contribution in [1.29, 1.82) is 0 Å². The van der Waals surface area contributed by atoms with Gasteiger partial charge in [-0.15, -0.1) is 0 Å². The van der Waals surface area contributed by atoms with Crippen LogP contribution < -0.4 is 5.32 Å². The summed E-state index contributed by atoms with van der Waals surface area (Å²) < 4.78 is 1.92. The number of amides is 1. The molecule has 32 heavy (non-hydrogen) atoms. The minimum atomic E-state index is -0.218. The lowest BCUT2D eigenvalue weighted by Gasteiger charge is -2.19. The molecule has 2 aromatic heterocycles. The Morgan fingerprint density at radius 1 is 1.03 bits per heavy atom. The molecule has 0 aliphatic rings. The van der Waals surface area contributed by atoms with Gasteiger partial charge in [0, 0.05) is 12.5 Å². The number of hydrogen-bond donors (Lipinski definition) is 1. The number of para-hydroxylation sites is 2. The molecule has 0 radical (unpaired) electrons. The molecule has 7 heteroatoms. The van der Waals surface area contributed by atoms with E-state index in [2.05, 4.69) is 55.3 Å². The van der Waals surface area contributed by atoms with Crippen molar-refractivity contribution in [2.45, 2.75) is 46.6 Å². The van der Waals surface area contributed by atoms with Crippen LogP contribution in [0.2, 0.25) is 0 Å². The van der Waals surface area contributed by atoms with Gasteiger partial charge in [0.15, 0.2) is 10.9 Å². The lowest BCUT2D eigenvalue weighted by molar-refractivity contribution is -0.116. The van der Waals surface area contributed by atoms with E-state index in [1.165, 1.54) is 23.8 Å². The second-order valence-electron chi connectivity index (χ2n) is 8.88. The Morgan fingerprint density at radius 3 is 2.34 bits per heavy atom. The molecule has 4 aromatic rings. The van der Waals surface area contributed by atoms with Gasteiger partial charge in [0.25, 0.3) is 0 Å². The lowest BCUT2D eigenvalue weighted by atomic mass is 9.87. The Hall–Kier alpha value is -3.32. The van der Waals surface area contributed by atoms with Crippen LogP contribution in [0.4, 0.5) is 5.13 Å². The second kappa shape index (κ2) is 8.31. The maximum Gasteiger partial charge on any atom is 0.246 e. The standard InChI is InChI=1S/C25H26N4O2S/c1-15-22(16(2)30)32-24(26-15)28-21(31)14-29-20-9-7-6-8-19(20)27-23(29)17-10-12-18(13-11-17)25(3,4)5/h6-13H,14H2,1-5H3,(H,26,28,31). The monoisotopic (exact) mass is 446 g/mol. The molecule has 0 spiro atoms. The quantitative estimate of drug-likeness (QED) is 0.404. The highest BCUT2D eigenvalue weighted by atomic mass is 32.1. The topological polar surface area (TPSA) is 76.9 Å². The molecule has 0 aliphatic heterocycles. The lowest BCUT2D eigenvalue weighted by Crippen LogP contribution is -2.19. The van der Waals surface area contributed by atoms with E-state index >= 15 is 0 Å². The van der Waals surface area contributed by atoms with Crippen LogP contribution in [0.15, 0.2) is 48.5 Å². The maximum absolute atomic E-state index is 12.9. The van der Waals surface area contributed by atoms with E-state index in [-0.39, 0.29) is 23.7 Å². The zero-order chi connectivity index (χ0) is 23.0. The largest absolute Gasteiger partial charge is 0.314 e. The van der Waals surface area contributed by atoms with Gasteiger partial charge in [-0.25, -0.2) is 9.97 Å². The molecule has 0 aliphatic carbocycles. The van der Waals surface area contributed by atoms with Gasteiger partial charge in [-0.05, 0) is 30.0 Å². The van der Waals surface area contributed by atoms with Gasteiger partial charge < -0.3 is 9.88 Å². The van der Waals surface area contributed by atoms with E-state index in [0.29, 0.717) is 15.7 Å². The molecule has 2 heterocycles. The molecule has 4 rings (SSSR count). The number of nitrogens with zero attached hydrogens (tertiary/aromatic N) is 3. The van der Waals surface area contributed by atoms with Crippen LogP contribution in [-0.4, -0.2) is 26.2 Å². The van der Waals surface area contributed by atoms with Crippen LogP contribution in [0, 0.1) is 6.92 Å². The fourth-order valence-electron chi connectivity index (χ4n) is 3.65. The number of fused-ring (bicyclic) bond motifs is 1.